The fourth-order valence-electron chi connectivity index (χ4n) is 4.34. The lowest BCUT2D eigenvalue weighted by molar-refractivity contribution is -0.144. The van der Waals surface area contributed by atoms with Crippen LogP contribution in [0.1, 0.15) is 50.3 Å². The number of nitrogens with one attached hydrogen (secondary N) is 2. The zero-order valence-corrected chi connectivity index (χ0v) is 22.2. The summed E-state index contributed by atoms with van der Waals surface area (Å²) in [7, 11) is 0. The van der Waals surface area contributed by atoms with Crippen LogP contribution >= 0.6 is 0 Å². The summed E-state index contributed by atoms with van der Waals surface area (Å²) in [4.78, 5) is 30.7. The van der Waals surface area contributed by atoms with Gasteiger partial charge in [-0.2, -0.15) is 5.06 Å². The molecule has 208 valence electrons. The van der Waals surface area contributed by atoms with Crippen molar-refractivity contribution in [3.8, 4) is 11.6 Å². The monoisotopic (exact) mass is 541 g/mol. The van der Waals surface area contributed by atoms with Crippen molar-refractivity contribution in [1.82, 2.24) is 20.2 Å². The molecule has 2 atom stereocenters. The van der Waals surface area contributed by atoms with E-state index in [1.54, 1.807) is 16.7 Å². The van der Waals surface area contributed by atoms with Crippen LogP contribution in [-0.4, -0.2) is 52.4 Å². The molecular formula is C28H33F2N5O4. The first kappa shape index (κ1) is 28.2. The normalized spacial score (nSPS) is 17.3. The van der Waals surface area contributed by atoms with Crippen molar-refractivity contribution < 1.29 is 27.9 Å². The second-order valence-electron chi connectivity index (χ2n) is 9.26. The Kier molecular flexibility index (Phi) is 9.26. The Bertz CT molecular complexity index is 1300. The summed E-state index contributed by atoms with van der Waals surface area (Å²) in [5.41, 5.74) is 1.75. The smallest absolute Gasteiger partial charge is 0.320 e. The Hall–Kier alpha value is -3.83. The maximum Gasteiger partial charge on any atom is 0.320 e. The summed E-state index contributed by atoms with van der Waals surface area (Å²) >= 11 is 0. The van der Waals surface area contributed by atoms with Crippen molar-refractivity contribution in [3.63, 3.8) is 0 Å². The first-order valence-electron chi connectivity index (χ1n) is 13.0. The Morgan fingerprint density at radius 2 is 1.90 bits per heavy atom. The summed E-state index contributed by atoms with van der Waals surface area (Å²) in [6.45, 7) is 6.73. The van der Waals surface area contributed by atoms with E-state index in [0.29, 0.717) is 67.5 Å². The SMILES string of the molecule is CCC(=O)CCCOc1nn(-c2ccccc2)c(NC(=O)N[C@@H]2CN(CC)O[C@H]2c2ccc(F)c(F)c2)c1C. The van der Waals surface area contributed by atoms with Crippen molar-refractivity contribution in [2.24, 2.45) is 0 Å². The van der Waals surface area contributed by atoms with Crippen molar-refractivity contribution in [3.05, 3.63) is 71.3 Å². The van der Waals surface area contributed by atoms with Gasteiger partial charge in [-0.25, -0.2) is 18.3 Å². The fourth-order valence-corrected chi connectivity index (χ4v) is 4.34. The van der Waals surface area contributed by atoms with E-state index in [9.17, 15) is 18.4 Å². The number of anilines is 1. The summed E-state index contributed by atoms with van der Waals surface area (Å²) in [6.07, 6.45) is 0.786. The summed E-state index contributed by atoms with van der Waals surface area (Å²) in [5.74, 6) is -1.01. The zero-order valence-electron chi connectivity index (χ0n) is 22.2. The average Bonchev–Trinajstić information content (AvgIpc) is 3.49. The zero-order chi connectivity index (χ0) is 27.9. The maximum atomic E-state index is 13.9. The molecule has 1 fully saturated rings. The van der Waals surface area contributed by atoms with E-state index < -0.39 is 29.8 Å². The molecule has 9 nitrogen and oxygen atoms in total. The van der Waals surface area contributed by atoms with Crippen LogP contribution in [-0.2, 0) is 9.63 Å². The molecule has 11 heteroatoms. The van der Waals surface area contributed by atoms with E-state index in [4.69, 9.17) is 9.57 Å². The van der Waals surface area contributed by atoms with Crippen LogP contribution in [0.5, 0.6) is 5.88 Å². The molecule has 2 N–H and O–H groups in total. The summed E-state index contributed by atoms with van der Waals surface area (Å²) < 4.78 is 34.9. The van der Waals surface area contributed by atoms with Crippen LogP contribution in [0.2, 0.25) is 0 Å². The molecule has 4 rings (SSSR count). The predicted octanol–water partition coefficient (Wildman–Crippen LogP) is 5.10. The number of hydrogen-bond donors (Lipinski definition) is 2. The third-order valence-electron chi connectivity index (χ3n) is 6.51. The average molecular weight is 542 g/mol. The van der Waals surface area contributed by atoms with Crippen molar-refractivity contribution in [2.75, 3.05) is 25.0 Å². The Morgan fingerprint density at radius 3 is 2.59 bits per heavy atom. The number of Topliss-reactive ketones (excluding diaryl/α,β-unsaturated/α-hetero) is 1. The van der Waals surface area contributed by atoms with Crippen LogP contribution in [0.3, 0.4) is 0 Å². The number of benzene rings is 2. The van der Waals surface area contributed by atoms with E-state index in [2.05, 4.69) is 15.7 Å². The van der Waals surface area contributed by atoms with Gasteiger partial charge in [0, 0.05) is 25.9 Å². The maximum absolute atomic E-state index is 13.9. The third-order valence-corrected chi connectivity index (χ3v) is 6.51. The van der Waals surface area contributed by atoms with Crippen LogP contribution in [0.15, 0.2) is 48.5 Å². The molecule has 0 spiro atoms. The molecule has 0 unspecified atom stereocenters. The van der Waals surface area contributed by atoms with Crippen LogP contribution in [0.4, 0.5) is 19.4 Å². The molecule has 0 radical (unpaired) electrons. The lowest BCUT2D eigenvalue weighted by Gasteiger charge is -2.19. The minimum atomic E-state index is -0.983. The molecule has 2 heterocycles. The van der Waals surface area contributed by atoms with E-state index in [0.717, 1.165) is 12.1 Å². The van der Waals surface area contributed by atoms with Gasteiger partial charge in [-0.1, -0.05) is 38.1 Å². The molecule has 0 saturated carbocycles. The first-order valence-corrected chi connectivity index (χ1v) is 13.0. The number of rotatable bonds is 11. The number of nitrogens with zero attached hydrogens (tertiary/aromatic N) is 3. The molecule has 0 aliphatic carbocycles. The number of halogens is 2. The number of urea groups is 1. The molecule has 2 amide bonds. The van der Waals surface area contributed by atoms with E-state index >= 15 is 0 Å². The van der Waals surface area contributed by atoms with Crippen LogP contribution in [0.25, 0.3) is 5.69 Å². The fraction of sp³-hybridized carbons (Fsp3) is 0.393. The van der Waals surface area contributed by atoms with Gasteiger partial charge in [-0.15, -0.1) is 5.10 Å². The van der Waals surface area contributed by atoms with Gasteiger partial charge in [-0.05, 0) is 43.2 Å². The van der Waals surface area contributed by atoms with E-state index in [1.807, 2.05) is 44.2 Å². The summed E-state index contributed by atoms with van der Waals surface area (Å²) in [6, 6.07) is 11.8. The van der Waals surface area contributed by atoms with Gasteiger partial charge in [0.05, 0.1) is 23.9 Å². The number of hydroxylamine groups is 2. The number of carbonyl (C=O) groups excluding carboxylic acids is 2. The highest BCUT2D eigenvalue weighted by atomic mass is 19.2. The largest absolute Gasteiger partial charge is 0.476 e. The number of carbonyl (C=O) groups is 2. The number of hydrogen-bond acceptors (Lipinski definition) is 6. The second kappa shape index (κ2) is 12.8. The van der Waals surface area contributed by atoms with Gasteiger partial charge in [0.2, 0.25) is 5.88 Å². The number of likely N-dealkylation sites (N-methyl/N-ethyl adjacent to an activating group) is 1. The third kappa shape index (κ3) is 6.79. The van der Waals surface area contributed by atoms with Gasteiger partial charge in [0.25, 0.3) is 0 Å². The Balaban J connectivity index is 1.52. The van der Waals surface area contributed by atoms with Crippen molar-refractivity contribution >= 4 is 17.6 Å². The molecule has 1 aliphatic heterocycles. The molecule has 0 bridgehead atoms. The molecule has 39 heavy (non-hydrogen) atoms. The highest BCUT2D eigenvalue weighted by molar-refractivity contribution is 5.90. The van der Waals surface area contributed by atoms with Crippen LogP contribution in [0, 0.1) is 18.6 Å². The van der Waals surface area contributed by atoms with Gasteiger partial charge in [0.15, 0.2) is 11.6 Å². The molecular weight excluding hydrogens is 508 g/mol. The quantitative estimate of drug-likeness (QED) is 0.328. The van der Waals surface area contributed by atoms with Gasteiger partial charge >= 0.3 is 6.03 Å². The second-order valence-corrected chi connectivity index (χ2v) is 9.26. The predicted molar refractivity (Wildman–Crippen MR) is 142 cm³/mol. The topological polar surface area (TPSA) is 97.7 Å². The molecule has 2 aromatic carbocycles. The molecule has 3 aromatic rings. The number of ether oxygens (including phenoxy) is 1. The van der Waals surface area contributed by atoms with Crippen molar-refractivity contribution in [2.45, 2.75) is 52.2 Å². The molecule has 1 aliphatic rings. The first-order chi connectivity index (χ1) is 18.8. The minimum Gasteiger partial charge on any atom is -0.476 e. The highest BCUT2D eigenvalue weighted by Gasteiger charge is 2.36. The Morgan fingerprint density at radius 1 is 1.13 bits per heavy atom. The van der Waals surface area contributed by atoms with Gasteiger partial charge < -0.3 is 10.1 Å². The van der Waals surface area contributed by atoms with Crippen LogP contribution < -0.4 is 15.4 Å². The number of ketones is 1. The number of aromatic nitrogens is 2. The number of para-hydroxylation sites is 1. The van der Waals surface area contributed by atoms with Gasteiger partial charge in [0.1, 0.15) is 17.7 Å². The summed E-state index contributed by atoms with van der Waals surface area (Å²) in [5, 5.41) is 12.0. The van der Waals surface area contributed by atoms with E-state index in [-0.39, 0.29) is 5.78 Å². The van der Waals surface area contributed by atoms with Gasteiger partial charge in [-0.3, -0.25) is 14.9 Å². The molecule has 1 saturated heterocycles. The van der Waals surface area contributed by atoms with Crippen molar-refractivity contribution in [1.29, 1.82) is 0 Å². The standard InChI is InChI=1S/C28H33F2N5O4/c1-4-21(36)12-9-15-38-27-18(3)26(35(33-27)20-10-7-6-8-11-20)32-28(37)31-24-17-34(5-2)39-25(24)19-13-14-22(29)23(30)16-19/h6-8,10-11,13-14,16,24-25H,4-5,9,12,15,17H2,1-3H3,(H2,31,32,37)/t24-,25+/m1/s1. The lowest BCUT2D eigenvalue weighted by Crippen LogP contribution is -2.42. The lowest BCUT2D eigenvalue weighted by atomic mass is 10.0. The number of amides is 2. The highest BCUT2D eigenvalue weighted by Crippen LogP contribution is 2.31. The minimum absolute atomic E-state index is 0.170. The van der Waals surface area contributed by atoms with E-state index in [1.165, 1.54) is 6.07 Å². The molecule has 1 aromatic heterocycles. The Labute approximate surface area is 226 Å².